The zero-order valence-corrected chi connectivity index (χ0v) is 13.1. The van der Waals surface area contributed by atoms with Crippen LogP contribution in [0.25, 0.3) is 0 Å². The zero-order valence-electron chi connectivity index (χ0n) is 13.1. The molecule has 0 radical (unpaired) electrons. The number of nitrogens with zero attached hydrogens (tertiary/aromatic N) is 1. The van der Waals surface area contributed by atoms with Gasteiger partial charge in [0.1, 0.15) is 0 Å². The molecule has 1 aromatic rings. The molecule has 116 valence electrons. The van der Waals surface area contributed by atoms with Crippen LogP contribution in [0.4, 0.5) is 5.69 Å². The van der Waals surface area contributed by atoms with Crippen molar-refractivity contribution in [1.29, 1.82) is 0 Å². The SMILES string of the molecule is CC(CC1COCCN1)Nc1ccccc1C(=O)N(C)C. The van der Waals surface area contributed by atoms with Gasteiger partial charge in [-0.05, 0) is 25.5 Å². The van der Waals surface area contributed by atoms with Gasteiger partial charge in [0.15, 0.2) is 0 Å². The summed E-state index contributed by atoms with van der Waals surface area (Å²) in [5.74, 6) is 0.0180. The molecule has 5 nitrogen and oxygen atoms in total. The first-order valence-electron chi connectivity index (χ1n) is 7.46. The van der Waals surface area contributed by atoms with Gasteiger partial charge in [-0.3, -0.25) is 4.79 Å². The largest absolute Gasteiger partial charge is 0.382 e. The molecular weight excluding hydrogens is 266 g/mol. The Hall–Kier alpha value is -1.59. The van der Waals surface area contributed by atoms with Crippen LogP contribution in [0.5, 0.6) is 0 Å². The highest BCUT2D eigenvalue weighted by Gasteiger charge is 2.18. The molecule has 0 spiro atoms. The first kappa shape index (κ1) is 15.8. The first-order valence-corrected chi connectivity index (χ1v) is 7.46. The number of benzene rings is 1. The third-order valence-corrected chi connectivity index (χ3v) is 3.60. The first-order chi connectivity index (χ1) is 10.1. The smallest absolute Gasteiger partial charge is 0.255 e. The minimum Gasteiger partial charge on any atom is -0.382 e. The second kappa shape index (κ2) is 7.43. The summed E-state index contributed by atoms with van der Waals surface area (Å²) < 4.78 is 5.48. The molecule has 1 amide bonds. The van der Waals surface area contributed by atoms with Gasteiger partial charge in [-0.25, -0.2) is 0 Å². The van der Waals surface area contributed by atoms with E-state index in [1.54, 1.807) is 19.0 Å². The maximum Gasteiger partial charge on any atom is 0.255 e. The van der Waals surface area contributed by atoms with E-state index in [-0.39, 0.29) is 11.9 Å². The molecular formula is C16H25N3O2. The van der Waals surface area contributed by atoms with Crippen molar-refractivity contribution in [2.24, 2.45) is 0 Å². The number of carbonyl (C=O) groups excluding carboxylic acids is 1. The van der Waals surface area contributed by atoms with Gasteiger partial charge in [-0.1, -0.05) is 12.1 Å². The number of rotatable bonds is 5. The normalized spacial score (nSPS) is 19.9. The van der Waals surface area contributed by atoms with E-state index in [1.807, 2.05) is 24.3 Å². The van der Waals surface area contributed by atoms with E-state index in [1.165, 1.54) is 0 Å². The van der Waals surface area contributed by atoms with Crippen LogP contribution in [0.2, 0.25) is 0 Å². The van der Waals surface area contributed by atoms with Gasteiger partial charge >= 0.3 is 0 Å². The van der Waals surface area contributed by atoms with Crippen molar-refractivity contribution in [2.75, 3.05) is 39.2 Å². The monoisotopic (exact) mass is 291 g/mol. The summed E-state index contributed by atoms with van der Waals surface area (Å²) in [5.41, 5.74) is 1.60. The van der Waals surface area contributed by atoms with Crippen LogP contribution < -0.4 is 10.6 Å². The van der Waals surface area contributed by atoms with E-state index >= 15 is 0 Å². The van der Waals surface area contributed by atoms with E-state index in [4.69, 9.17) is 4.74 Å². The molecule has 1 heterocycles. The van der Waals surface area contributed by atoms with Gasteiger partial charge in [-0.2, -0.15) is 0 Å². The molecule has 1 aromatic carbocycles. The number of ether oxygens (including phenoxy) is 1. The van der Waals surface area contributed by atoms with Crippen molar-refractivity contribution >= 4 is 11.6 Å². The maximum absolute atomic E-state index is 12.2. The van der Waals surface area contributed by atoms with Crippen molar-refractivity contribution in [3.8, 4) is 0 Å². The Bertz CT molecular complexity index is 470. The van der Waals surface area contributed by atoms with Crippen LogP contribution in [-0.2, 0) is 4.74 Å². The molecule has 0 aromatic heterocycles. The summed E-state index contributed by atoms with van der Waals surface area (Å²) in [5, 5.41) is 6.90. The Kier molecular flexibility index (Phi) is 5.59. The van der Waals surface area contributed by atoms with Crippen LogP contribution in [0.3, 0.4) is 0 Å². The van der Waals surface area contributed by atoms with Crippen LogP contribution >= 0.6 is 0 Å². The van der Waals surface area contributed by atoms with Crippen LogP contribution in [-0.4, -0.2) is 56.7 Å². The highest BCUT2D eigenvalue weighted by atomic mass is 16.5. The van der Waals surface area contributed by atoms with E-state index in [0.29, 0.717) is 11.6 Å². The second-order valence-corrected chi connectivity index (χ2v) is 5.75. The lowest BCUT2D eigenvalue weighted by Gasteiger charge is -2.27. The third kappa shape index (κ3) is 4.44. The number of amides is 1. The second-order valence-electron chi connectivity index (χ2n) is 5.75. The number of morpholine rings is 1. The Labute approximate surface area is 126 Å². The molecule has 2 atom stereocenters. The number of anilines is 1. The van der Waals surface area contributed by atoms with Gasteiger partial charge in [-0.15, -0.1) is 0 Å². The number of carbonyl (C=O) groups is 1. The topological polar surface area (TPSA) is 53.6 Å². The minimum atomic E-state index is 0.0180. The Morgan fingerprint density at radius 2 is 2.24 bits per heavy atom. The Morgan fingerprint density at radius 1 is 1.48 bits per heavy atom. The van der Waals surface area contributed by atoms with Crippen molar-refractivity contribution in [3.05, 3.63) is 29.8 Å². The lowest BCUT2D eigenvalue weighted by Crippen LogP contribution is -2.43. The lowest BCUT2D eigenvalue weighted by atomic mass is 10.1. The molecule has 1 saturated heterocycles. The van der Waals surface area contributed by atoms with E-state index in [9.17, 15) is 4.79 Å². The standard InChI is InChI=1S/C16H25N3O2/c1-12(10-13-11-21-9-8-17-13)18-15-7-5-4-6-14(15)16(20)19(2)3/h4-7,12-13,17-18H,8-11H2,1-3H3. The quantitative estimate of drug-likeness (QED) is 0.864. The van der Waals surface area contributed by atoms with Crippen molar-refractivity contribution in [3.63, 3.8) is 0 Å². The molecule has 0 saturated carbocycles. The number of para-hydroxylation sites is 1. The zero-order chi connectivity index (χ0) is 15.2. The molecule has 0 aliphatic carbocycles. The fourth-order valence-corrected chi connectivity index (χ4v) is 2.56. The molecule has 1 aliphatic heterocycles. The summed E-state index contributed by atoms with van der Waals surface area (Å²) in [6.07, 6.45) is 0.963. The summed E-state index contributed by atoms with van der Waals surface area (Å²) in [4.78, 5) is 13.8. The predicted molar refractivity (Wildman–Crippen MR) is 84.8 cm³/mol. The summed E-state index contributed by atoms with van der Waals surface area (Å²) in [7, 11) is 3.54. The van der Waals surface area contributed by atoms with E-state index in [2.05, 4.69) is 17.6 Å². The molecule has 21 heavy (non-hydrogen) atoms. The van der Waals surface area contributed by atoms with Crippen molar-refractivity contribution in [2.45, 2.75) is 25.4 Å². The minimum absolute atomic E-state index is 0.0180. The average Bonchev–Trinajstić information content (AvgIpc) is 2.48. The molecule has 0 bridgehead atoms. The highest BCUT2D eigenvalue weighted by Crippen LogP contribution is 2.18. The fraction of sp³-hybridized carbons (Fsp3) is 0.562. The van der Waals surface area contributed by atoms with Crippen LogP contribution in [0, 0.1) is 0 Å². The molecule has 2 N–H and O–H groups in total. The van der Waals surface area contributed by atoms with Crippen molar-refractivity contribution < 1.29 is 9.53 Å². The summed E-state index contributed by atoms with van der Waals surface area (Å²) >= 11 is 0. The summed E-state index contributed by atoms with van der Waals surface area (Å²) in [6, 6.07) is 8.29. The lowest BCUT2D eigenvalue weighted by molar-refractivity contribution is 0.0731. The van der Waals surface area contributed by atoms with Crippen molar-refractivity contribution in [1.82, 2.24) is 10.2 Å². The molecule has 1 fully saturated rings. The molecule has 5 heteroatoms. The van der Waals surface area contributed by atoms with E-state index in [0.717, 1.165) is 31.9 Å². The van der Waals surface area contributed by atoms with E-state index < -0.39 is 0 Å². The molecule has 2 rings (SSSR count). The number of hydrogen-bond donors (Lipinski definition) is 2. The fourth-order valence-electron chi connectivity index (χ4n) is 2.56. The Balaban J connectivity index is 1.99. The highest BCUT2D eigenvalue weighted by molar-refractivity contribution is 5.99. The third-order valence-electron chi connectivity index (χ3n) is 3.60. The molecule has 1 aliphatic rings. The molecule has 2 unspecified atom stereocenters. The van der Waals surface area contributed by atoms with Gasteiger partial charge in [0.25, 0.3) is 5.91 Å². The van der Waals surface area contributed by atoms with Gasteiger partial charge in [0, 0.05) is 38.4 Å². The summed E-state index contributed by atoms with van der Waals surface area (Å²) in [6.45, 7) is 4.59. The van der Waals surface area contributed by atoms with Crippen LogP contribution in [0.1, 0.15) is 23.7 Å². The Morgan fingerprint density at radius 3 is 2.90 bits per heavy atom. The average molecular weight is 291 g/mol. The maximum atomic E-state index is 12.2. The number of nitrogens with one attached hydrogen (secondary N) is 2. The van der Waals surface area contributed by atoms with Gasteiger partial charge in [0.2, 0.25) is 0 Å². The van der Waals surface area contributed by atoms with Gasteiger partial charge < -0.3 is 20.3 Å². The predicted octanol–water partition coefficient (Wildman–Crippen LogP) is 1.57. The van der Waals surface area contributed by atoms with Gasteiger partial charge in [0.05, 0.1) is 18.8 Å². The number of hydrogen-bond acceptors (Lipinski definition) is 4. The van der Waals surface area contributed by atoms with Crippen LogP contribution in [0.15, 0.2) is 24.3 Å².